The molecule has 0 radical (unpaired) electrons. The van der Waals surface area contributed by atoms with Crippen molar-refractivity contribution in [1.82, 2.24) is 5.43 Å². The van der Waals surface area contributed by atoms with Crippen molar-refractivity contribution < 1.29 is 17.6 Å². The molecule has 1 aromatic heterocycles. The van der Waals surface area contributed by atoms with Crippen LogP contribution < -0.4 is 9.73 Å². The highest BCUT2D eigenvalue weighted by Crippen LogP contribution is 2.28. The molecular formula is C19H18BrN3O4S. The van der Waals surface area contributed by atoms with Crippen molar-refractivity contribution in [2.24, 2.45) is 5.10 Å². The highest BCUT2D eigenvalue weighted by molar-refractivity contribution is 9.10. The normalized spacial score (nSPS) is 11.8. The van der Waals surface area contributed by atoms with E-state index in [1.807, 2.05) is 30.3 Å². The molecule has 1 N–H and O–H groups in total. The van der Waals surface area contributed by atoms with E-state index in [0.29, 0.717) is 17.2 Å². The fraction of sp³-hybridized carbons (Fsp3) is 0.158. The molecule has 0 saturated heterocycles. The Balaban J connectivity index is 1.80. The first-order valence-corrected chi connectivity index (χ1v) is 10.9. The molecule has 1 amide bonds. The molecule has 0 bridgehead atoms. The average Bonchev–Trinajstić information content (AvgIpc) is 2.96. The average molecular weight is 464 g/mol. The van der Waals surface area contributed by atoms with Crippen LogP contribution in [0.4, 0.5) is 5.69 Å². The summed E-state index contributed by atoms with van der Waals surface area (Å²) in [4.78, 5) is 12.3. The smallest absolute Gasteiger partial charge is 0.260 e. The number of fused-ring (bicyclic) bond motifs is 1. The molecule has 0 unspecified atom stereocenters. The Labute approximate surface area is 171 Å². The molecule has 7 nitrogen and oxygen atoms in total. The summed E-state index contributed by atoms with van der Waals surface area (Å²) in [6.45, 7) is 1.39. The van der Waals surface area contributed by atoms with Crippen molar-refractivity contribution in [2.45, 2.75) is 6.92 Å². The number of hydrazone groups is 1. The second-order valence-corrected chi connectivity index (χ2v) is 8.88. The molecule has 3 rings (SSSR count). The fourth-order valence-corrected chi connectivity index (χ4v) is 3.86. The Kier molecular flexibility index (Phi) is 5.85. The number of rotatable bonds is 6. The van der Waals surface area contributed by atoms with Crippen LogP contribution in [0.15, 0.2) is 62.5 Å². The van der Waals surface area contributed by atoms with Gasteiger partial charge < -0.3 is 4.42 Å². The van der Waals surface area contributed by atoms with Gasteiger partial charge in [-0.15, -0.1) is 0 Å². The van der Waals surface area contributed by atoms with E-state index in [9.17, 15) is 13.2 Å². The minimum Gasteiger partial charge on any atom is -0.459 e. The van der Waals surface area contributed by atoms with Gasteiger partial charge >= 0.3 is 0 Å². The van der Waals surface area contributed by atoms with Gasteiger partial charge in [-0.1, -0.05) is 36.4 Å². The number of nitrogens with one attached hydrogen (secondary N) is 1. The van der Waals surface area contributed by atoms with Gasteiger partial charge in [0.05, 0.1) is 22.6 Å². The van der Waals surface area contributed by atoms with Crippen molar-refractivity contribution >= 4 is 54.5 Å². The van der Waals surface area contributed by atoms with Crippen LogP contribution in [-0.2, 0) is 14.8 Å². The third-order valence-electron chi connectivity index (χ3n) is 3.98. The molecule has 0 spiro atoms. The number of furan rings is 1. The van der Waals surface area contributed by atoms with Crippen LogP contribution in [0.3, 0.4) is 0 Å². The summed E-state index contributed by atoms with van der Waals surface area (Å²) in [7, 11) is -3.69. The quantitative estimate of drug-likeness (QED) is 0.447. The number of anilines is 1. The SMILES string of the molecule is Cc1oc(/C=N/NC(=O)CN(c2cccc3ccccc23)S(C)(=O)=O)cc1Br. The van der Waals surface area contributed by atoms with Crippen molar-refractivity contribution in [1.29, 1.82) is 0 Å². The van der Waals surface area contributed by atoms with Gasteiger partial charge in [0.2, 0.25) is 10.0 Å². The van der Waals surface area contributed by atoms with E-state index in [1.54, 1.807) is 25.1 Å². The summed E-state index contributed by atoms with van der Waals surface area (Å²) in [5.41, 5.74) is 2.76. The van der Waals surface area contributed by atoms with E-state index in [4.69, 9.17) is 4.42 Å². The molecule has 3 aromatic rings. The standard InChI is InChI=1S/C19H18BrN3O4S/c1-13-17(20)10-15(27-13)11-21-22-19(24)12-23(28(2,25)26)18-9-5-7-14-6-3-4-8-16(14)18/h3-11H,12H2,1-2H3,(H,22,24)/b21-11+. The topological polar surface area (TPSA) is 92.0 Å². The van der Waals surface area contributed by atoms with Gasteiger partial charge in [-0.3, -0.25) is 9.10 Å². The van der Waals surface area contributed by atoms with Crippen LogP contribution in [0.25, 0.3) is 10.8 Å². The van der Waals surface area contributed by atoms with Gasteiger partial charge in [0, 0.05) is 11.5 Å². The van der Waals surface area contributed by atoms with Crippen LogP contribution in [0, 0.1) is 6.92 Å². The monoisotopic (exact) mass is 463 g/mol. The molecule has 0 aliphatic rings. The molecule has 0 fully saturated rings. The summed E-state index contributed by atoms with van der Waals surface area (Å²) in [5, 5.41) is 5.45. The number of aryl methyl sites for hydroxylation is 1. The van der Waals surface area contributed by atoms with Gasteiger partial charge in [0.1, 0.15) is 18.1 Å². The predicted molar refractivity (Wildman–Crippen MR) is 113 cm³/mol. The highest BCUT2D eigenvalue weighted by atomic mass is 79.9. The fourth-order valence-electron chi connectivity index (χ4n) is 2.69. The van der Waals surface area contributed by atoms with Crippen LogP contribution in [0.2, 0.25) is 0 Å². The number of carbonyl (C=O) groups excluding carboxylic acids is 1. The van der Waals surface area contributed by atoms with E-state index in [2.05, 4.69) is 26.5 Å². The number of halogens is 1. The summed E-state index contributed by atoms with van der Waals surface area (Å²) < 4.78 is 31.9. The third-order valence-corrected chi connectivity index (χ3v) is 5.89. The van der Waals surface area contributed by atoms with Gasteiger partial charge in [-0.25, -0.2) is 13.8 Å². The number of carbonyl (C=O) groups is 1. The number of amides is 1. The zero-order valence-electron chi connectivity index (χ0n) is 15.2. The first kappa shape index (κ1) is 20.1. The number of hydrogen-bond acceptors (Lipinski definition) is 5. The minimum atomic E-state index is -3.69. The maximum absolute atomic E-state index is 12.3. The second kappa shape index (κ2) is 8.15. The molecule has 0 aliphatic heterocycles. The molecule has 28 heavy (non-hydrogen) atoms. The van der Waals surface area contributed by atoms with Crippen molar-refractivity contribution in [3.63, 3.8) is 0 Å². The second-order valence-electron chi connectivity index (χ2n) is 6.11. The molecule has 1 heterocycles. The summed E-state index contributed by atoms with van der Waals surface area (Å²) in [6, 6.07) is 14.4. The maximum Gasteiger partial charge on any atom is 0.260 e. The lowest BCUT2D eigenvalue weighted by molar-refractivity contribution is -0.119. The van der Waals surface area contributed by atoms with E-state index in [0.717, 1.165) is 25.8 Å². The maximum atomic E-state index is 12.3. The molecule has 146 valence electrons. The number of sulfonamides is 1. The van der Waals surface area contributed by atoms with Crippen LogP contribution in [0.1, 0.15) is 11.5 Å². The third kappa shape index (κ3) is 4.60. The van der Waals surface area contributed by atoms with E-state index in [1.165, 1.54) is 6.21 Å². The summed E-state index contributed by atoms with van der Waals surface area (Å²) in [5.74, 6) is 0.572. The lowest BCUT2D eigenvalue weighted by Crippen LogP contribution is -2.39. The number of hydrogen-bond donors (Lipinski definition) is 1. The zero-order chi connectivity index (χ0) is 20.3. The molecular weight excluding hydrogens is 446 g/mol. The van der Waals surface area contributed by atoms with Crippen LogP contribution >= 0.6 is 15.9 Å². The Morgan fingerprint density at radius 3 is 2.64 bits per heavy atom. The highest BCUT2D eigenvalue weighted by Gasteiger charge is 2.22. The van der Waals surface area contributed by atoms with Crippen molar-refractivity contribution in [3.8, 4) is 0 Å². The zero-order valence-corrected chi connectivity index (χ0v) is 17.6. The lowest BCUT2D eigenvalue weighted by atomic mass is 10.1. The van der Waals surface area contributed by atoms with Gasteiger partial charge in [-0.05, 0) is 34.3 Å². The number of benzene rings is 2. The number of nitrogens with zero attached hydrogens (tertiary/aromatic N) is 2. The van der Waals surface area contributed by atoms with E-state index < -0.39 is 22.5 Å². The Morgan fingerprint density at radius 2 is 1.96 bits per heavy atom. The van der Waals surface area contributed by atoms with Crippen LogP contribution in [0.5, 0.6) is 0 Å². The van der Waals surface area contributed by atoms with Gasteiger partial charge in [0.15, 0.2) is 0 Å². The largest absolute Gasteiger partial charge is 0.459 e. The first-order chi connectivity index (χ1) is 13.3. The Bertz CT molecular complexity index is 1130. The summed E-state index contributed by atoms with van der Waals surface area (Å²) >= 11 is 3.32. The Morgan fingerprint density at radius 1 is 1.25 bits per heavy atom. The molecule has 0 atom stereocenters. The molecule has 0 saturated carbocycles. The van der Waals surface area contributed by atoms with E-state index >= 15 is 0 Å². The van der Waals surface area contributed by atoms with Crippen molar-refractivity contribution in [3.05, 3.63) is 64.5 Å². The van der Waals surface area contributed by atoms with E-state index in [-0.39, 0.29) is 0 Å². The molecule has 9 heteroatoms. The molecule has 2 aromatic carbocycles. The lowest BCUT2D eigenvalue weighted by Gasteiger charge is -2.23. The van der Waals surface area contributed by atoms with Gasteiger partial charge in [0.25, 0.3) is 5.91 Å². The predicted octanol–water partition coefficient (Wildman–Crippen LogP) is 3.42. The van der Waals surface area contributed by atoms with Gasteiger partial charge in [-0.2, -0.15) is 5.10 Å². The van der Waals surface area contributed by atoms with Crippen molar-refractivity contribution in [2.75, 3.05) is 17.1 Å². The van der Waals surface area contributed by atoms with Crippen LogP contribution in [-0.4, -0.2) is 33.3 Å². The Hall–Kier alpha value is -2.65. The first-order valence-electron chi connectivity index (χ1n) is 8.29. The molecule has 0 aliphatic carbocycles. The minimum absolute atomic E-state index is 0.398. The summed E-state index contributed by atoms with van der Waals surface area (Å²) in [6.07, 6.45) is 2.41.